The standard InChI is InChI=1S/C22H26ClN3O2/c1-16(2)20(24-21(27)17-6-4-3-5-7-17)22(28)26-14-12-25(13-15-26)19-10-8-18(23)9-11-19/h3-11,16,20H,12-15H2,1-2H3,(H,24,27). The van der Waals surface area contributed by atoms with Gasteiger partial charge >= 0.3 is 0 Å². The van der Waals surface area contributed by atoms with E-state index in [9.17, 15) is 9.59 Å². The molecule has 0 bridgehead atoms. The van der Waals surface area contributed by atoms with E-state index in [0.29, 0.717) is 23.7 Å². The van der Waals surface area contributed by atoms with Gasteiger partial charge in [0.15, 0.2) is 0 Å². The van der Waals surface area contributed by atoms with Crippen LogP contribution in [0.1, 0.15) is 24.2 Å². The zero-order valence-electron chi connectivity index (χ0n) is 16.3. The fourth-order valence-electron chi connectivity index (χ4n) is 3.36. The Hall–Kier alpha value is -2.53. The smallest absolute Gasteiger partial charge is 0.251 e. The Morgan fingerprint density at radius 3 is 2.11 bits per heavy atom. The molecule has 2 amide bonds. The first kappa shape index (κ1) is 20.2. The average Bonchev–Trinajstić information content (AvgIpc) is 2.72. The van der Waals surface area contributed by atoms with Crippen molar-refractivity contribution in [2.24, 2.45) is 5.92 Å². The summed E-state index contributed by atoms with van der Waals surface area (Å²) >= 11 is 5.96. The molecule has 0 spiro atoms. The highest BCUT2D eigenvalue weighted by Crippen LogP contribution is 2.20. The molecule has 1 N–H and O–H groups in total. The van der Waals surface area contributed by atoms with Crippen LogP contribution in [0.2, 0.25) is 5.02 Å². The molecule has 6 heteroatoms. The van der Waals surface area contributed by atoms with Crippen LogP contribution >= 0.6 is 11.6 Å². The fourth-order valence-corrected chi connectivity index (χ4v) is 3.49. The molecule has 3 rings (SSSR count). The molecule has 1 aliphatic rings. The Morgan fingerprint density at radius 1 is 0.929 bits per heavy atom. The summed E-state index contributed by atoms with van der Waals surface area (Å²) in [7, 11) is 0. The van der Waals surface area contributed by atoms with E-state index >= 15 is 0 Å². The number of hydrogen-bond donors (Lipinski definition) is 1. The van der Waals surface area contributed by atoms with Crippen LogP contribution in [0, 0.1) is 5.92 Å². The third-order valence-corrected chi connectivity index (χ3v) is 5.29. The molecule has 1 atom stereocenters. The number of amides is 2. The van der Waals surface area contributed by atoms with Crippen LogP contribution in [-0.2, 0) is 4.79 Å². The molecular weight excluding hydrogens is 374 g/mol. The summed E-state index contributed by atoms with van der Waals surface area (Å²) in [5, 5.41) is 3.63. The van der Waals surface area contributed by atoms with E-state index in [1.54, 1.807) is 12.1 Å². The van der Waals surface area contributed by atoms with Gasteiger partial charge in [-0.05, 0) is 42.3 Å². The number of halogens is 1. The van der Waals surface area contributed by atoms with Crippen LogP contribution in [0.4, 0.5) is 5.69 Å². The number of hydrogen-bond acceptors (Lipinski definition) is 3. The molecule has 2 aromatic carbocycles. The molecule has 5 nitrogen and oxygen atoms in total. The minimum atomic E-state index is -0.533. The first-order valence-electron chi connectivity index (χ1n) is 9.61. The first-order valence-corrected chi connectivity index (χ1v) is 9.98. The largest absolute Gasteiger partial charge is 0.368 e. The van der Waals surface area contributed by atoms with Gasteiger partial charge in [-0.1, -0.05) is 43.6 Å². The summed E-state index contributed by atoms with van der Waals surface area (Å²) in [5.41, 5.74) is 1.67. The maximum atomic E-state index is 13.1. The number of carbonyl (C=O) groups excluding carboxylic acids is 2. The number of piperazine rings is 1. The van der Waals surface area contributed by atoms with Crippen LogP contribution in [0.5, 0.6) is 0 Å². The van der Waals surface area contributed by atoms with Crippen molar-refractivity contribution in [2.45, 2.75) is 19.9 Å². The van der Waals surface area contributed by atoms with Gasteiger partial charge in [0.2, 0.25) is 5.91 Å². The third-order valence-electron chi connectivity index (χ3n) is 5.04. The van der Waals surface area contributed by atoms with Gasteiger partial charge in [-0.3, -0.25) is 9.59 Å². The van der Waals surface area contributed by atoms with E-state index < -0.39 is 6.04 Å². The number of rotatable bonds is 5. The Bertz CT molecular complexity index is 800. The highest BCUT2D eigenvalue weighted by molar-refractivity contribution is 6.30. The van der Waals surface area contributed by atoms with Gasteiger partial charge in [0.05, 0.1) is 0 Å². The number of carbonyl (C=O) groups is 2. The van der Waals surface area contributed by atoms with E-state index in [0.717, 1.165) is 18.8 Å². The Kier molecular flexibility index (Phi) is 6.57. The van der Waals surface area contributed by atoms with Gasteiger partial charge in [0, 0.05) is 42.5 Å². The summed E-state index contributed by atoms with van der Waals surface area (Å²) in [5.74, 6) is -0.225. The summed E-state index contributed by atoms with van der Waals surface area (Å²) in [6, 6.07) is 16.2. The van der Waals surface area contributed by atoms with Crippen LogP contribution in [0.15, 0.2) is 54.6 Å². The van der Waals surface area contributed by atoms with Crippen LogP contribution in [0.25, 0.3) is 0 Å². The van der Waals surface area contributed by atoms with E-state index in [2.05, 4.69) is 10.2 Å². The maximum Gasteiger partial charge on any atom is 0.251 e. The topological polar surface area (TPSA) is 52.7 Å². The van der Waals surface area contributed by atoms with E-state index in [4.69, 9.17) is 11.6 Å². The van der Waals surface area contributed by atoms with Crippen molar-refractivity contribution < 1.29 is 9.59 Å². The lowest BCUT2D eigenvalue weighted by Gasteiger charge is -2.38. The van der Waals surface area contributed by atoms with Crippen molar-refractivity contribution in [1.29, 1.82) is 0 Å². The molecule has 1 fully saturated rings. The highest BCUT2D eigenvalue weighted by atomic mass is 35.5. The quantitative estimate of drug-likeness (QED) is 0.837. The van der Waals surface area contributed by atoms with Crippen molar-refractivity contribution >= 4 is 29.1 Å². The number of anilines is 1. The molecule has 1 aliphatic heterocycles. The van der Waals surface area contributed by atoms with Crippen LogP contribution in [0.3, 0.4) is 0 Å². The Morgan fingerprint density at radius 2 is 1.54 bits per heavy atom. The lowest BCUT2D eigenvalue weighted by Crippen LogP contribution is -2.56. The van der Waals surface area contributed by atoms with Crippen LogP contribution in [-0.4, -0.2) is 48.9 Å². The van der Waals surface area contributed by atoms with E-state index in [1.165, 1.54) is 0 Å². The van der Waals surface area contributed by atoms with Gasteiger partial charge in [-0.25, -0.2) is 0 Å². The third kappa shape index (κ3) is 4.84. The lowest BCUT2D eigenvalue weighted by molar-refractivity contribution is -0.134. The normalized spacial score (nSPS) is 15.4. The zero-order chi connectivity index (χ0) is 20.1. The van der Waals surface area contributed by atoms with Crippen molar-refractivity contribution in [1.82, 2.24) is 10.2 Å². The van der Waals surface area contributed by atoms with Crippen molar-refractivity contribution in [3.63, 3.8) is 0 Å². The predicted octanol–water partition coefficient (Wildman–Crippen LogP) is 3.44. The predicted molar refractivity (Wildman–Crippen MR) is 113 cm³/mol. The second kappa shape index (κ2) is 9.11. The summed E-state index contributed by atoms with van der Waals surface area (Å²) in [6.07, 6.45) is 0. The van der Waals surface area contributed by atoms with Crippen molar-refractivity contribution in [2.75, 3.05) is 31.1 Å². The maximum absolute atomic E-state index is 13.1. The highest BCUT2D eigenvalue weighted by Gasteiger charge is 2.31. The number of nitrogens with zero attached hydrogens (tertiary/aromatic N) is 2. The van der Waals surface area contributed by atoms with E-state index in [-0.39, 0.29) is 17.7 Å². The van der Waals surface area contributed by atoms with Gasteiger partial charge in [-0.15, -0.1) is 0 Å². The zero-order valence-corrected chi connectivity index (χ0v) is 17.0. The average molecular weight is 400 g/mol. The fraction of sp³-hybridized carbons (Fsp3) is 0.364. The first-order chi connectivity index (χ1) is 13.5. The molecule has 28 heavy (non-hydrogen) atoms. The summed E-state index contributed by atoms with van der Waals surface area (Å²) < 4.78 is 0. The molecular formula is C22H26ClN3O2. The van der Waals surface area contributed by atoms with E-state index in [1.807, 2.05) is 61.2 Å². The monoisotopic (exact) mass is 399 g/mol. The minimum absolute atomic E-state index is 0.00876. The molecule has 0 radical (unpaired) electrons. The minimum Gasteiger partial charge on any atom is -0.368 e. The molecule has 0 aliphatic carbocycles. The number of nitrogens with one attached hydrogen (secondary N) is 1. The van der Waals surface area contributed by atoms with Gasteiger partial charge in [-0.2, -0.15) is 0 Å². The lowest BCUT2D eigenvalue weighted by atomic mass is 10.0. The summed E-state index contributed by atoms with van der Waals surface area (Å²) in [4.78, 5) is 29.7. The second-order valence-corrected chi connectivity index (χ2v) is 7.79. The molecule has 1 saturated heterocycles. The van der Waals surface area contributed by atoms with Gasteiger partial charge < -0.3 is 15.1 Å². The van der Waals surface area contributed by atoms with Crippen molar-refractivity contribution in [3.05, 3.63) is 65.2 Å². The molecule has 148 valence electrons. The Labute approximate surface area is 171 Å². The molecule has 0 saturated carbocycles. The van der Waals surface area contributed by atoms with Gasteiger partial charge in [0.1, 0.15) is 6.04 Å². The Balaban J connectivity index is 1.61. The summed E-state index contributed by atoms with van der Waals surface area (Å²) in [6.45, 7) is 6.68. The second-order valence-electron chi connectivity index (χ2n) is 7.35. The molecule has 0 aromatic heterocycles. The molecule has 1 unspecified atom stereocenters. The SMILES string of the molecule is CC(C)C(NC(=O)c1ccccc1)C(=O)N1CCN(c2ccc(Cl)cc2)CC1. The molecule has 2 aromatic rings. The van der Waals surface area contributed by atoms with Gasteiger partial charge in [0.25, 0.3) is 5.91 Å². The van der Waals surface area contributed by atoms with Crippen molar-refractivity contribution in [3.8, 4) is 0 Å². The van der Waals surface area contributed by atoms with Crippen LogP contribution < -0.4 is 10.2 Å². The molecule has 1 heterocycles. The number of benzene rings is 2.